The van der Waals surface area contributed by atoms with E-state index in [1.54, 1.807) is 6.07 Å². The summed E-state index contributed by atoms with van der Waals surface area (Å²) in [6.45, 7) is 10.2. The van der Waals surface area contributed by atoms with Gasteiger partial charge in [0.25, 0.3) is 0 Å². The molecule has 0 unspecified atom stereocenters. The van der Waals surface area contributed by atoms with Gasteiger partial charge in [0.05, 0.1) is 6.04 Å². The van der Waals surface area contributed by atoms with E-state index >= 15 is 0 Å². The van der Waals surface area contributed by atoms with E-state index in [1.807, 2.05) is 46.8 Å². The summed E-state index contributed by atoms with van der Waals surface area (Å²) in [5, 5.41) is 2.84. The third-order valence-corrected chi connectivity index (χ3v) is 3.36. The van der Waals surface area contributed by atoms with Crippen molar-refractivity contribution in [3.8, 4) is 0 Å². The summed E-state index contributed by atoms with van der Waals surface area (Å²) in [4.78, 5) is 16.6. The van der Waals surface area contributed by atoms with Crippen LogP contribution in [0.15, 0.2) is 22.6 Å². The number of hydrogen-bond acceptors (Lipinski definition) is 4. The Hall–Kier alpha value is -1.88. The summed E-state index contributed by atoms with van der Waals surface area (Å²) in [6, 6.07) is 4.94. The first-order valence-corrected chi connectivity index (χ1v) is 7.64. The molecule has 0 fully saturated rings. The molecule has 1 amide bonds. The van der Waals surface area contributed by atoms with Crippen molar-refractivity contribution in [2.75, 3.05) is 5.32 Å². The van der Waals surface area contributed by atoms with E-state index in [0.29, 0.717) is 23.9 Å². The van der Waals surface area contributed by atoms with Crippen LogP contribution in [0.1, 0.15) is 46.9 Å². The van der Waals surface area contributed by atoms with Crippen molar-refractivity contribution in [3.05, 3.63) is 24.1 Å². The molecule has 0 aliphatic heterocycles. The fourth-order valence-electron chi connectivity index (χ4n) is 2.18. The number of hydrogen-bond donors (Lipinski definition) is 2. The van der Waals surface area contributed by atoms with Gasteiger partial charge in [0, 0.05) is 11.1 Å². The fourth-order valence-corrected chi connectivity index (χ4v) is 2.18. The first kappa shape index (κ1) is 16.5. The maximum Gasteiger partial charge on any atom is 0.241 e. The average Bonchev–Trinajstić information content (AvgIpc) is 2.80. The lowest BCUT2D eigenvalue weighted by Crippen LogP contribution is -2.36. The van der Waals surface area contributed by atoms with E-state index in [9.17, 15) is 4.79 Å². The van der Waals surface area contributed by atoms with Crippen LogP contribution in [-0.4, -0.2) is 16.9 Å². The van der Waals surface area contributed by atoms with Crippen molar-refractivity contribution in [1.29, 1.82) is 0 Å². The molecule has 120 valence electrons. The van der Waals surface area contributed by atoms with Gasteiger partial charge in [-0.15, -0.1) is 0 Å². The summed E-state index contributed by atoms with van der Waals surface area (Å²) in [5.41, 5.74) is 7.88. The Bertz CT molecular complexity index is 668. The number of aromatic nitrogens is 1. The SMILES string of the molecule is CC(C)C[C@H](N)C(=O)Nc1ccc2oc(C(C)(C)C)nc2c1. The number of fused-ring (bicyclic) bond motifs is 1. The van der Waals surface area contributed by atoms with Gasteiger partial charge >= 0.3 is 0 Å². The average molecular weight is 303 g/mol. The van der Waals surface area contributed by atoms with Crippen molar-refractivity contribution in [2.24, 2.45) is 11.7 Å². The van der Waals surface area contributed by atoms with Gasteiger partial charge in [0.15, 0.2) is 5.58 Å². The minimum Gasteiger partial charge on any atom is -0.440 e. The molecule has 1 heterocycles. The number of anilines is 1. The largest absolute Gasteiger partial charge is 0.440 e. The van der Waals surface area contributed by atoms with Crippen molar-refractivity contribution in [1.82, 2.24) is 4.98 Å². The van der Waals surface area contributed by atoms with Gasteiger partial charge in [-0.3, -0.25) is 4.79 Å². The lowest BCUT2D eigenvalue weighted by atomic mass is 9.97. The summed E-state index contributed by atoms with van der Waals surface area (Å²) in [7, 11) is 0. The molecule has 22 heavy (non-hydrogen) atoms. The molecule has 5 heteroatoms. The van der Waals surface area contributed by atoms with Crippen LogP contribution < -0.4 is 11.1 Å². The molecule has 0 saturated heterocycles. The van der Waals surface area contributed by atoms with Gasteiger partial charge in [-0.05, 0) is 30.5 Å². The molecule has 1 atom stereocenters. The van der Waals surface area contributed by atoms with E-state index in [4.69, 9.17) is 10.2 Å². The van der Waals surface area contributed by atoms with Crippen molar-refractivity contribution < 1.29 is 9.21 Å². The van der Waals surface area contributed by atoms with Crippen LogP contribution in [0.5, 0.6) is 0 Å². The maximum atomic E-state index is 12.1. The number of nitrogens with zero attached hydrogens (tertiary/aromatic N) is 1. The van der Waals surface area contributed by atoms with Gasteiger partial charge in [0.1, 0.15) is 5.52 Å². The topological polar surface area (TPSA) is 81.2 Å². The molecule has 3 N–H and O–H groups in total. The van der Waals surface area contributed by atoms with Crippen molar-refractivity contribution in [3.63, 3.8) is 0 Å². The predicted octanol–water partition coefficient (Wildman–Crippen LogP) is 3.44. The van der Waals surface area contributed by atoms with Crippen LogP contribution in [0.4, 0.5) is 5.69 Å². The zero-order chi connectivity index (χ0) is 16.5. The van der Waals surface area contributed by atoms with E-state index < -0.39 is 6.04 Å². The Morgan fingerprint density at radius 1 is 1.36 bits per heavy atom. The fraction of sp³-hybridized carbons (Fsp3) is 0.529. The van der Waals surface area contributed by atoms with Gasteiger partial charge in [0.2, 0.25) is 11.8 Å². The highest BCUT2D eigenvalue weighted by atomic mass is 16.3. The highest BCUT2D eigenvalue weighted by molar-refractivity contribution is 5.96. The van der Waals surface area contributed by atoms with Crippen LogP contribution in [0.25, 0.3) is 11.1 Å². The Balaban J connectivity index is 2.17. The van der Waals surface area contributed by atoms with Gasteiger partial charge in [-0.2, -0.15) is 0 Å². The molecule has 2 rings (SSSR count). The Labute approximate surface area is 131 Å². The minimum atomic E-state index is -0.502. The standard InChI is InChI=1S/C17H25N3O2/c1-10(2)8-12(18)15(21)19-11-6-7-14-13(9-11)20-16(22-14)17(3,4)5/h6-7,9-10,12H,8,18H2,1-5H3,(H,19,21)/t12-/m0/s1. The monoisotopic (exact) mass is 303 g/mol. The smallest absolute Gasteiger partial charge is 0.241 e. The van der Waals surface area contributed by atoms with Crippen molar-refractivity contribution >= 4 is 22.7 Å². The molecule has 0 saturated carbocycles. The highest BCUT2D eigenvalue weighted by Crippen LogP contribution is 2.27. The maximum absolute atomic E-state index is 12.1. The summed E-state index contributed by atoms with van der Waals surface area (Å²) < 4.78 is 5.74. The molecule has 1 aromatic carbocycles. The molecule has 0 spiro atoms. The molecule has 0 radical (unpaired) electrons. The van der Waals surface area contributed by atoms with Gasteiger partial charge < -0.3 is 15.5 Å². The van der Waals surface area contributed by atoms with Crippen LogP contribution >= 0.6 is 0 Å². The zero-order valence-corrected chi connectivity index (χ0v) is 13.9. The molecular formula is C17H25N3O2. The number of amides is 1. The highest BCUT2D eigenvalue weighted by Gasteiger charge is 2.21. The molecule has 0 aliphatic rings. The van der Waals surface area contributed by atoms with Gasteiger partial charge in [-0.25, -0.2) is 4.98 Å². The lowest BCUT2D eigenvalue weighted by molar-refractivity contribution is -0.117. The number of benzene rings is 1. The second kappa shape index (κ2) is 6.08. The lowest BCUT2D eigenvalue weighted by Gasteiger charge is -2.14. The number of nitrogens with one attached hydrogen (secondary N) is 1. The minimum absolute atomic E-state index is 0.151. The predicted molar refractivity (Wildman–Crippen MR) is 88.8 cm³/mol. The molecular weight excluding hydrogens is 278 g/mol. The Morgan fingerprint density at radius 2 is 2.05 bits per heavy atom. The number of rotatable bonds is 4. The number of carbonyl (C=O) groups excluding carboxylic acids is 1. The summed E-state index contributed by atoms with van der Waals surface area (Å²) >= 11 is 0. The molecule has 0 bridgehead atoms. The van der Waals surface area contributed by atoms with Crippen molar-refractivity contribution in [2.45, 2.75) is 52.5 Å². The van der Waals surface area contributed by atoms with E-state index in [-0.39, 0.29) is 11.3 Å². The second-order valence-electron chi connectivity index (χ2n) is 7.18. The number of carbonyl (C=O) groups is 1. The Kier molecular flexibility index (Phi) is 4.56. The summed E-state index contributed by atoms with van der Waals surface area (Å²) in [6.07, 6.45) is 0.659. The third-order valence-electron chi connectivity index (χ3n) is 3.36. The first-order valence-electron chi connectivity index (χ1n) is 7.64. The van der Waals surface area contributed by atoms with Gasteiger partial charge in [-0.1, -0.05) is 34.6 Å². The van der Waals surface area contributed by atoms with E-state index in [2.05, 4.69) is 10.3 Å². The number of nitrogens with two attached hydrogens (primary N) is 1. The first-order chi connectivity index (χ1) is 10.2. The molecule has 0 aliphatic carbocycles. The normalized spacial score (nSPS) is 13.6. The Morgan fingerprint density at radius 3 is 2.64 bits per heavy atom. The summed E-state index contributed by atoms with van der Waals surface area (Å²) in [5.74, 6) is 0.892. The van der Waals surface area contributed by atoms with E-state index in [0.717, 1.165) is 11.1 Å². The number of oxazole rings is 1. The second-order valence-corrected chi connectivity index (χ2v) is 7.18. The van der Waals surface area contributed by atoms with E-state index in [1.165, 1.54) is 0 Å². The third kappa shape index (κ3) is 3.85. The van der Waals surface area contributed by atoms with Crippen LogP contribution in [0, 0.1) is 5.92 Å². The van der Waals surface area contributed by atoms with Crippen LogP contribution in [0.3, 0.4) is 0 Å². The molecule has 5 nitrogen and oxygen atoms in total. The molecule has 2 aromatic rings. The van der Waals surface area contributed by atoms with Crippen LogP contribution in [-0.2, 0) is 10.2 Å². The quantitative estimate of drug-likeness (QED) is 0.906. The van der Waals surface area contributed by atoms with Crippen LogP contribution in [0.2, 0.25) is 0 Å². The molecule has 1 aromatic heterocycles. The zero-order valence-electron chi connectivity index (χ0n) is 13.9.